The normalized spacial score (nSPS) is 15.0. The highest BCUT2D eigenvalue weighted by Crippen LogP contribution is 2.33. The maximum Gasteiger partial charge on any atom is 0.164 e. The number of rotatable bonds is 7. The average molecular weight is 388 g/mol. The number of aromatic nitrogens is 3. The van der Waals surface area contributed by atoms with Crippen molar-refractivity contribution < 1.29 is 0 Å². The van der Waals surface area contributed by atoms with Gasteiger partial charge in [-0.25, -0.2) is 9.97 Å². The van der Waals surface area contributed by atoms with E-state index in [1.165, 1.54) is 19.1 Å². The number of hydrogen-bond donors (Lipinski definition) is 4. The fourth-order valence-corrected chi connectivity index (χ4v) is 3.89. The van der Waals surface area contributed by atoms with E-state index >= 15 is 0 Å². The van der Waals surface area contributed by atoms with E-state index in [1.54, 1.807) is 25.6 Å². The molecular weight excluding hydrogens is 364 g/mol. The highest BCUT2D eigenvalue weighted by Gasteiger charge is 2.17. The Labute approximate surface area is 169 Å². The molecule has 1 aliphatic heterocycles. The summed E-state index contributed by atoms with van der Waals surface area (Å²) in [6, 6.07) is 4.21. The van der Waals surface area contributed by atoms with Gasteiger partial charge in [0.25, 0.3) is 0 Å². The Bertz CT molecular complexity index is 1120. The summed E-state index contributed by atoms with van der Waals surface area (Å²) in [7, 11) is 1.80. The number of anilines is 1. The number of pyridine rings is 2. The SMILES string of the molecule is CN/C=C(\C=N)c1cnc2[nH]c3cnc(C#N)c(NCCN4CCCC4)c3c2c1. The number of aromatic amines is 1. The Balaban J connectivity index is 1.78. The van der Waals surface area contributed by atoms with Gasteiger partial charge in [0.15, 0.2) is 5.69 Å². The van der Waals surface area contributed by atoms with Gasteiger partial charge >= 0.3 is 0 Å². The molecule has 0 bridgehead atoms. The van der Waals surface area contributed by atoms with Crippen LogP contribution in [0.1, 0.15) is 24.1 Å². The zero-order chi connectivity index (χ0) is 20.2. The first-order valence-electron chi connectivity index (χ1n) is 9.80. The Morgan fingerprint density at radius 3 is 2.90 bits per heavy atom. The van der Waals surface area contributed by atoms with Crippen molar-refractivity contribution >= 4 is 39.4 Å². The minimum atomic E-state index is 0.378. The summed E-state index contributed by atoms with van der Waals surface area (Å²) < 4.78 is 0. The molecule has 0 aromatic carbocycles. The monoisotopic (exact) mass is 388 g/mol. The molecule has 4 heterocycles. The molecule has 0 aliphatic carbocycles. The molecule has 0 amide bonds. The van der Waals surface area contributed by atoms with Gasteiger partial charge in [0.2, 0.25) is 0 Å². The van der Waals surface area contributed by atoms with Gasteiger partial charge in [-0.05, 0) is 32.0 Å². The molecule has 0 saturated carbocycles. The summed E-state index contributed by atoms with van der Waals surface area (Å²) in [4.78, 5) is 14.6. The Kier molecular flexibility index (Phi) is 5.40. The zero-order valence-corrected chi connectivity index (χ0v) is 16.4. The predicted molar refractivity (Wildman–Crippen MR) is 116 cm³/mol. The lowest BCUT2D eigenvalue weighted by Crippen LogP contribution is -2.26. The molecule has 1 fully saturated rings. The van der Waals surface area contributed by atoms with Crippen LogP contribution in [0.25, 0.3) is 27.5 Å². The van der Waals surface area contributed by atoms with Crippen LogP contribution in [0.2, 0.25) is 0 Å². The third-order valence-electron chi connectivity index (χ3n) is 5.31. The van der Waals surface area contributed by atoms with Gasteiger partial charge in [-0.3, -0.25) is 0 Å². The molecule has 0 atom stereocenters. The van der Waals surface area contributed by atoms with Crippen LogP contribution >= 0.6 is 0 Å². The van der Waals surface area contributed by atoms with E-state index in [2.05, 4.69) is 36.6 Å². The largest absolute Gasteiger partial charge is 0.393 e. The molecule has 0 unspecified atom stereocenters. The van der Waals surface area contributed by atoms with Crippen molar-refractivity contribution in [3.05, 3.63) is 35.9 Å². The lowest BCUT2D eigenvalue weighted by atomic mass is 10.1. The summed E-state index contributed by atoms with van der Waals surface area (Å²) in [6.45, 7) is 3.97. The second-order valence-electron chi connectivity index (χ2n) is 7.14. The molecule has 29 heavy (non-hydrogen) atoms. The van der Waals surface area contributed by atoms with E-state index in [9.17, 15) is 5.26 Å². The maximum absolute atomic E-state index is 9.61. The molecule has 0 radical (unpaired) electrons. The molecule has 3 aromatic heterocycles. The van der Waals surface area contributed by atoms with Gasteiger partial charge in [0, 0.05) is 60.7 Å². The van der Waals surface area contributed by atoms with Crippen molar-refractivity contribution in [1.29, 1.82) is 10.7 Å². The fraction of sp³-hybridized carbons (Fsp3) is 0.333. The second kappa shape index (κ2) is 8.29. The van der Waals surface area contributed by atoms with Crippen molar-refractivity contribution in [3.8, 4) is 6.07 Å². The van der Waals surface area contributed by atoms with Crippen molar-refractivity contribution in [3.63, 3.8) is 0 Å². The number of likely N-dealkylation sites (tertiary alicyclic amines) is 1. The Hall–Kier alpha value is -3.44. The first-order chi connectivity index (χ1) is 14.2. The maximum atomic E-state index is 9.61. The van der Waals surface area contributed by atoms with Crippen LogP contribution in [0.3, 0.4) is 0 Å². The van der Waals surface area contributed by atoms with Crippen molar-refractivity contribution in [1.82, 2.24) is 25.2 Å². The first kappa shape index (κ1) is 18.9. The zero-order valence-electron chi connectivity index (χ0n) is 16.4. The lowest BCUT2D eigenvalue weighted by molar-refractivity contribution is 0.353. The second-order valence-corrected chi connectivity index (χ2v) is 7.14. The van der Waals surface area contributed by atoms with E-state index in [1.807, 2.05) is 6.07 Å². The standard InChI is InChI=1S/C21H24N8/c1-24-11-15(9-22)14-8-16-19-18(28-21(16)27-12-14)13-26-17(10-23)20(19)25-4-7-29-5-2-3-6-29/h8-9,11-13,22,24-25H,2-7H2,1H3,(H,27,28)/b15-11+,22-9?. The minimum absolute atomic E-state index is 0.378. The smallest absolute Gasteiger partial charge is 0.164 e. The quantitative estimate of drug-likeness (QED) is 0.463. The molecule has 1 saturated heterocycles. The number of nitriles is 1. The Morgan fingerprint density at radius 1 is 1.34 bits per heavy atom. The van der Waals surface area contributed by atoms with E-state index in [-0.39, 0.29) is 0 Å². The van der Waals surface area contributed by atoms with Gasteiger partial charge in [-0.1, -0.05) is 0 Å². The minimum Gasteiger partial charge on any atom is -0.393 e. The van der Waals surface area contributed by atoms with Crippen molar-refractivity contribution in [2.24, 2.45) is 0 Å². The van der Waals surface area contributed by atoms with Crippen LogP contribution in [0.5, 0.6) is 0 Å². The van der Waals surface area contributed by atoms with Crippen LogP contribution in [0.15, 0.2) is 24.7 Å². The third kappa shape index (κ3) is 3.65. The van der Waals surface area contributed by atoms with Gasteiger partial charge < -0.3 is 25.9 Å². The average Bonchev–Trinajstić information content (AvgIpc) is 3.39. The predicted octanol–water partition coefficient (Wildman–Crippen LogP) is 2.70. The molecule has 4 N–H and O–H groups in total. The van der Waals surface area contributed by atoms with Crippen molar-refractivity contribution in [2.75, 3.05) is 38.5 Å². The molecule has 148 valence electrons. The highest BCUT2D eigenvalue weighted by molar-refractivity contribution is 6.15. The van der Waals surface area contributed by atoms with Gasteiger partial charge in [0.05, 0.1) is 17.4 Å². The van der Waals surface area contributed by atoms with E-state index < -0.39 is 0 Å². The Morgan fingerprint density at radius 2 is 2.17 bits per heavy atom. The fourth-order valence-electron chi connectivity index (χ4n) is 3.89. The molecule has 0 spiro atoms. The lowest BCUT2D eigenvalue weighted by Gasteiger charge is -2.16. The number of hydrogen-bond acceptors (Lipinski definition) is 7. The van der Waals surface area contributed by atoms with Gasteiger partial charge in [-0.15, -0.1) is 0 Å². The summed E-state index contributed by atoms with van der Waals surface area (Å²) in [5.41, 5.74) is 4.25. The molecule has 8 nitrogen and oxygen atoms in total. The van der Waals surface area contributed by atoms with E-state index in [0.29, 0.717) is 5.69 Å². The summed E-state index contributed by atoms with van der Waals surface area (Å²) in [5.74, 6) is 0. The van der Waals surface area contributed by atoms with Gasteiger partial charge in [0.1, 0.15) is 11.7 Å². The summed E-state index contributed by atoms with van der Waals surface area (Å²) >= 11 is 0. The highest BCUT2D eigenvalue weighted by atomic mass is 15.2. The van der Waals surface area contributed by atoms with Gasteiger partial charge in [-0.2, -0.15) is 5.26 Å². The summed E-state index contributed by atoms with van der Waals surface area (Å²) in [5, 5.41) is 25.5. The van der Waals surface area contributed by atoms with Crippen molar-refractivity contribution in [2.45, 2.75) is 12.8 Å². The molecular formula is C21H24N8. The van der Waals surface area contributed by atoms with Crippen LogP contribution in [0.4, 0.5) is 5.69 Å². The first-order valence-corrected chi connectivity index (χ1v) is 9.80. The summed E-state index contributed by atoms with van der Waals surface area (Å²) in [6.07, 6.45) is 9.00. The van der Waals surface area contributed by atoms with Crippen LogP contribution in [0, 0.1) is 16.7 Å². The number of H-pyrrole nitrogens is 1. The molecule has 3 aromatic rings. The van der Waals surface area contributed by atoms with E-state index in [4.69, 9.17) is 5.41 Å². The number of fused-ring (bicyclic) bond motifs is 3. The van der Waals surface area contributed by atoms with E-state index in [0.717, 1.165) is 64.9 Å². The molecule has 1 aliphatic rings. The van der Waals surface area contributed by atoms with Crippen LogP contribution < -0.4 is 10.6 Å². The number of nitrogens with zero attached hydrogens (tertiary/aromatic N) is 4. The molecule has 8 heteroatoms. The third-order valence-corrected chi connectivity index (χ3v) is 5.31. The topological polar surface area (TPSA) is 117 Å². The number of allylic oxidation sites excluding steroid dienone is 1. The van der Waals surface area contributed by atoms with Crippen LogP contribution in [-0.4, -0.2) is 59.3 Å². The molecule has 4 rings (SSSR count). The van der Waals surface area contributed by atoms with Crippen LogP contribution in [-0.2, 0) is 0 Å². The number of nitrogens with one attached hydrogen (secondary N) is 4.